The molecule has 19 heteroatoms. The molecule has 1 amide bonds. The number of carbonyl (C=O) groups excluding carboxylic acids is 2. The minimum Gasteiger partial charge on any atom is -0.462 e. The first-order valence-electron chi connectivity index (χ1n) is 24.3. The Morgan fingerprint density at radius 2 is 1.35 bits per heavy atom. The topological polar surface area (TPSA) is 332 Å². The Hall–Kier alpha value is -3.22. The van der Waals surface area contributed by atoms with E-state index in [0.29, 0.717) is 0 Å². The standard InChI is InChI=1S/C50H82N2O17/c1-30-18-15-13-11-9-7-5-6-8-10-12-14-16-19-37(68-49-47(63)44(51)46(62)33(4)67-49)27-41-43(48(64)52-22-17-23-53)40(59)29-50(65,69-41)28-39(58)38(57)21-20-34(54)24-35(55)25-36(56)26-42(60)66-32(3)31(2)45(30)61/h5-6,8,10-16,18-19,30-41,43-47,49,53-59,61-63,65H,7,9,17,20-29,51H2,1-4H3,(H,52,64)/b6-5+,10-8+,13-11+,14-12+,18-15+,19-16+/t30-,31+,32-,33+,34+,35+,36+,37-,38+,39+,40-,41-,43+,44-,45+,46+,47-,49-,50+/m0/s1. The number of hydrogen-bond acceptors (Lipinski definition) is 18. The van der Waals surface area contributed by atoms with E-state index >= 15 is 0 Å². The van der Waals surface area contributed by atoms with E-state index in [0.717, 1.165) is 12.8 Å². The van der Waals surface area contributed by atoms with Crippen LogP contribution < -0.4 is 11.1 Å². The molecular formula is C50H82N2O17. The predicted octanol–water partition coefficient (Wildman–Crippen LogP) is 0.350. The Morgan fingerprint density at radius 3 is 2.03 bits per heavy atom. The molecule has 0 radical (unpaired) electrons. The van der Waals surface area contributed by atoms with Crippen molar-refractivity contribution in [2.75, 3.05) is 13.2 Å². The summed E-state index contributed by atoms with van der Waals surface area (Å²) < 4.78 is 23.6. The Balaban J connectivity index is 1.90. The first-order chi connectivity index (χ1) is 32.7. The molecule has 19 nitrogen and oxygen atoms in total. The van der Waals surface area contributed by atoms with E-state index in [9.17, 15) is 65.8 Å². The van der Waals surface area contributed by atoms with Gasteiger partial charge in [0.05, 0.1) is 85.5 Å². The molecule has 69 heavy (non-hydrogen) atoms. The molecule has 0 aromatic carbocycles. The van der Waals surface area contributed by atoms with Gasteiger partial charge in [-0.15, -0.1) is 0 Å². The Kier molecular flexibility index (Phi) is 26.7. The molecule has 2 fully saturated rings. The van der Waals surface area contributed by atoms with Crippen molar-refractivity contribution in [3.63, 3.8) is 0 Å². The first-order valence-corrected chi connectivity index (χ1v) is 24.3. The number of cyclic esters (lactones) is 1. The lowest BCUT2D eigenvalue weighted by Gasteiger charge is -2.46. The maximum Gasteiger partial charge on any atom is 0.308 e. The largest absolute Gasteiger partial charge is 0.462 e. The van der Waals surface area contributed by atoms with Crippen LogP contribution >= 0.6 is 0 Å². The maximum absolute atomic E-state index is 13.6. The van der Waals surface area contributed by atoms with Crippen molar-refractivity contribution in [3.8, 4) is 0 Å². The third-order valence-corrected chi connectivity index (χ3v) is 12.9. The fraction of sp³-hybridized carbons (Fsp3) is 0.720. The number of rotatable bonds is 6. The van der Waals surface area contributed by atoms with Crippen molar-refractivity contribution in [1.82, 2.24) is 5.32 Å². The first kappa shape index (κ1) is 60.1. The van der Waals surface area contributed by atoms with Crippen molar-refractivity contribution in [3.05, 3.63) is 72.9 Å². The number of nitrogens with two attached hydrogens (primary N) is 1. The van der Waals surface area contributed by atoms with Crippen molar-refractivity contribution in [2.45, 2.75) is 196 Å². The molecule has 394 valence electrons. The van der Waals surface area contributed by atoms with Crippen LogP contribution in [0.2, 0.25) is 0 Å². The summed E-state index contributed by atoms with van der Waals surface area (Å²) in [6, 6.07) is -1.14. The SMILES string of the molecule is C[C@H]1[C@H](O)[C@@H](C)/C=C/C=C/CC/C=C/C=C/C=C/C=C/[C@H](O[C@@H]2O[C@H](C)[C@@H](O)[C@H](N)[C@@H]2O)C[C@@H]2O[C@](O)(C[C@@H](O)[C@H](O)CC[C@@H](O)C[C@@H](O)C[C@@H](O)CC(=O)O[C@H]1C)C[C@H](O)[C@H]2C(=O)NCCCO. The molecule has 0 unspecified atom stereocenters. The maximum atomic E-state index is 13.6. The second-order valence-corrected chi connectivity index (χ2v) is 18.9. The average molecular weight is 983 g/mol. The lowest BCUT2D eigenvalue weighted by Crippen LogP contribution is -2.62. The summed E-state index contributed by atoms with van der Waals surface area (Å²) in [6.45, 7) is 6.66. The number of esters is 1. The highest BCUT2D eigenvalue weighted by Crippen LogP contribution is 2.38. The van der Waals surface area contributed by atoms with Crippen LogP contribution in [0, 0.1) is 17.8 Å². The van der Waals surface area contributed by atoms with Gasteiger partial charge in [0.25, 0.3) is 0 Å². The summed E-state index contributed by atoms with van der Waals surface area (Å²) in [4.78, 5) is 26.3. The smallest absolute Gasteiger partial charge is 0.308 e. The number of fused-ring (bicyclic) bond motifs is 2. The van der Waals surface area contributed by atoms with Gasteiger partial charge in [-0.1, -0.05) is 86.8 Å². The Morgan fingerprint density at radius 1 is 0.739 bits per heavy atom. The highest BCUT2D eigenvalue weighted by atomic mass is 16.7. The van der Waals surface area contributed by atoms with Gasteiger partial charge < -0.3 is 86.2 Å². The molecule has 0 aromatic rings. The van der Waals surface area contributed by atoms with Crippen molar-refractivity contribution in [2.24, 2.45) is 23.5 Å². The lowest BCUT2D eigenvalue weighted by molar-refractivity contribution is -0.308. The normalized spacial score (nSPS) is 43.3. The summed E-state index contributed by atoms with van der Waals surface area (Å²) in [5.74, 6) is -5.72. The van der Waals surface area contributed by atoms with E-state index in [1.807, 2.05) is 49.5 Å². The molecule has 2 saturated heterocycles. The van der Waals surface area contributed by atoms with E-state index in [2.05, 4.69) is 5.32 Å². The van der Waals surface area contributed by atoms with E-state index in [1.165, 1.54) is 0 Å². The molecule has 3 aliphatic heterocycles. The van der Waals surface area contributed by atoms with Crippen molar-refractivity contribution < 1.29 is 84.7 Å². The van der Waals surface area contributed by atoms with Crippen LogP contribution in [0.15, 0.2) is 72.9 Å². The van der Waals surface area contributed by atoms with E-state index in [1.54, 1.807) is 51.2 Å². The number of nitrogens with one attached hydrogen (secondary N) is 1. The van der Waals surface area contributed by atoms with Gasteiger partial charge in [-0.25, -0.2) is 0 Å². The minimum atomic E-state index is -2.32. The fourth-order valence-corrected chi connectivity index (χ4v) is 8.54. The summed E-state index contributed by atoms with van der Waals surface area (Å²) in [7, 11) is 0. The summed E-state index contributed by atoms with van der Waals surface area (Å²) in [6.07, 6.45) is 3.36. The minimum absolute atomic E-state index is 0.0608. The van der Waals surface area contributed by atoms with Crippen LogP contribution in [-0.4, -0.2) is 179 Å². The molecule has 0 aliphatic carbocycles. The van der Waals surface area contributed by atoms with Gasteiger partial charge in [0, 0.05) is 44.2 Å². The second-order valence-electron chi connectivity index (χ2n) is 18.9. The molecule has 3 aliphatic rings. The van der Waals surface area contributed by atoms with Crippen LogP contribution in [0.3, 0.4) is 0 Å². The number of carbonyl (C=O) groups is 2. The molecule has 3 heterocycles. The number of hydrogen-bond donors (Lipinski definition) is 13. The average Bonchev–Trinajstić information content (AvgIpc) is 3.27. The van der Waals surface area contributed by atoms with Gasteiger partial charge in [-0.2, -0.15) is 0 Å². The quantitative estimate of drug-likeness (QED) is 0.126. The van der Waals surface area contributed by atoms with Gasteiger partial charge in [0.2, 0.25) is 5.91 Å². The molecule has 0 spiro atoms. The number of aliphatic hydroxyl groups excluding tert-OH is 10. The number of ether oxygens (including phenoxy) is 4. The molecule has 0 aromatic heterocycles. The zero-order valence-electron chi connectivity index (χ0n) is 40.5. The molecule has 14 N–H and O–H groups in total. The molecule has 3 rings (SSSR count). The zero-order valence-corrected chi connectivity index (χ0v) is 40.5. The van der Waals surface area contributed by atoms with Crippen LogP contribution in [-0.2, 0) is 28.5 Å². The number of allylic oxidation sites excluding steroid dienone is 10. The van der Waals surface area contributed by atoms with Gasteiger partial charge >= 0.3 is 5.97 Å². The van der Waals surface area contributed by atoms with Crippen LogP contribution in [0.25, 0.3) is 0 Å². The lowest BCUT2D eigenvalue weighted by atomic mass is 9.82. The van der Waals surface area contributed by atoms with Gasteiger partial charge in [-0.05, 0) is 58.8 Å². The molecule has 19 atom stereocenters. The molecular weight excluding hydrogens is 901 g/mol. The van der Waals surface area contributed by atoms with Crippen LogP contribution in [0.4, 0.5) is 0 Å². The highest BCUT2D eigenvalue weighted by molar-refractivity contribution is 5.80. The van der Waals surface area contributed by atoms with E-state index in [-0.39, 0.29) is 57.6 Å². The second kappa shape index (κ2) is 30.6. The highest BCUT2D eigenvalue weighted by Gasteiger charge is 2.51. The zero-order chi connectivity index (χ0) is 51.3. The van der Waals surface area contributed by atoms with Crippen molar-refractivity contribution >= 4 is 11.9 Å². The number of aliphatic hydroxyl groups is 11. The Bertz CT molecular complexity index is 1690. The van der Waals surface area contributed by atoms with Gasteiger partial charge in [0.15, 0.2) is 12.1 Å². The molecule has 0 saturated carbocycles. The summed E-state index contributed by atoms with van der Waals surface area (Å²) >= 11 is 0. The van der Waals surface area contributed by atoms with Gasteiger partial charge in [0.1, 0.15) is 12.2 Å². The van der Waals surface area contributed by atoms with Crippen molar-refractivity contribution in [1.29, 1.82) is 0 Å². The summed E-state index contributed by atoms with van der Waals surface area (Å²) in [5, 5.41) is 121. The Labute approximate surface area is 406 Å². The summed E-state index contributed by atoms with van der Waals surface area (Å²) in [5.41, 5.74) is 6.09. The predicted molar refractivity (Wildman–Crippen MR) is 254 cm³/mol. The van der Waals surface area contributed by atoms with Gasteiger partial charge in [-0.3, -0.25) is 9.59 Å². The van der Waals surface area contributed by atoms with E-state index in [4.69, 9.17) is 24.7 Å². The third kappa shape index (κ3) is 20.8. The molecule has 2 bridgehead atoms. The van der Waals surface area contributed by atoms with E-state index < -0.39 is 140 Å². The van der Waals surface area contributed by atoms with Crippen LogP contribution in [0.1, 0.15) is 98.3 Å². The third-order valence-electron chi connectivity index (χ3n) is 12.9. The van der Waals surface area contributed by atoms with Crippen LogP contribution in [0.5, 0.6) is 0 Å². The monoisotopic (exact) mass is 983 g/mol. The number of amides is 1. The fourth-order valence-electron chi connectivity index (χ4n) is 8.54.